The van der Waals surface area contributed by atoms with Gasteiger partial charge in [-0.15, -0.1) is 0 Å². The zero-order chi connectivity index (χ0) is 14.3. The topological polar surface area (TPSA) is 67.6 Å². The Morgan fingerprint density at radius 1 is 1.42 bits per heavy atom. The zero-order valence-corrected chi connectivity index (χ0v) is 11.8. The second-order valence-corrected chi connectivity index (χ2v) is 4.83. The lowest BCUT2D eigenvalue weighted by Gasteiger charge is -2.18. The highest BCUT2D eigenvalue weighted by molar-refractivity contribution is 5.77. The summed E-state index contributed by atoms with van der Waals surface area (Å²) in [5.41, 5.74) is 6.51. The molecule has 1 rings (SSSR count). The van der Waals surface area contributed by atoms with Crippen molar-refractivity contribution in [3.05, 3.63) is 29.8 Å². The van der Waals surface area contributed by atoms with E-state index in [1.54, 1.807) is 0 Å². The second-order valence-electron chi connectivity index (χ2n) is 4.83. The van der Waals surface area contributed by atoms with E-state index in [0.717, 1.165) is 12.1 Å². The second kappa shape index (κ2) is 7.76. The van der Waals surface area contributed by atoms with Crippen LogP contribution >= 0.6 is 0 Å². The predicted molar refractivity (Wildman–Crippen MR) is 76.0 cm³/mol. The third-order valence-corrected chi connectivity index (χ3v) is 2.60. The Hall–Kier alpha value is -1.59. The molecule has 0 saturated heterocycles. The summed E-state index contributed by atoms with van der Waals surface area (Å²) in [4.78, 5) is 13.7. The van der Waals surface area contributed by atoms with E-state index in [4.69, 9.17) is 10.5 Å². The van der Waals surface area contributed by atoms with Gasteiger partial charge in [-0.05, 0) is 27.1 Å². The van der Waals surface area contributed by atoms with E-state index in [2.05, 4.69) is 5.32 Å². The number of rotatable bonds is 7. The fourth-order valence-electron chi connectivity index (χ4n) is 1.87. The van der Waals surface area contributed by atoms with Crippen LogP contribution in [-0.2, 0) is 11.3 Å². The lowest BCUT2D eigenvalue weighted by Crippen LogP contribution is -2.41. The van der Waals surface area contributed by atoms with Gasteiger partial charge in [0.15, 0.2) is 6.61 Å². The molecule has 0 aromatic heterocycles. The highest BCUT2D eigenvalue weighted by Crippen LogP contribution is 2.16. The molecule has 3 N–H and O–H groups in total. The largest absolute Gasteiger partial charge is 0.483 e. The van der Waals surface area contributed by atoms with E-state index in [1.807, 2.05) is 50.2 Å². The van der Waals surface area contributed by atoms with E-state index in [-0.39, 0.29) is 18.6 Å². The number of amides is 1. The molecule has 0 spiro atoms. The highest BCUT2D eigenvalue weighted by atomic mass is 16.5. The molecule has 0 aliphatic rings. The molecule has 1 atom stereocenters. The number of hydrogen-bond donors (Lipinski definition) is 2. The number of para-hydroxylation sites is 1. The summed E-state index contributed by atoms with van der Waals surface area (Å²) in [5.74, 6) is 0.543. The van der Waals surface area contributed by atoms with Gasteiger partial charge in [0.1, 0.15) is 5.75 Å². The Morgan fingerprint density at radius 3 is 2.74 bits per heavy atom. The number of hydrogen-bond acceptors (Lipinski definition) is 4. The number of nitrogens with zero attached hydrogens (tertiary/aromatic N) is 1. The van der Waals surface area contributed by atoms with Crippen LogP contribution in [0.1, 0.15) is 12.5 Å². The fraction of sp³-hybridized carbons (Fsp3) is 0.500. The van der Waals surface area contributed by atoms with Gasteiger partial charge in [0.25, 0.3) is 5.91 Å². The number of carbonyl (C=O) groups is 1. The maximum Gasteiger partial charge on any atom is 0.258 e. The molecular formula is C14H23N3O2. The molecule has 5 heteroatoms. The van der Waals surface area contributed by atoms with E-state index in [0.29, 0.717) is 12.3 Å². The molecule has 1 unspecified atom stereocenters. The Labute approximate surface area is 114 Å². The van der Waals surface area contributed by atoms with Crippen LogP contribution in [0.5, 0.6) is 5.75 Å². The molecule has 19 heavy (non-hydrogen) atoms. The molecule has 0 saturated carbocycles. The first-order valence-corrected chi connectivity index (χ1v) is 6.37. The summed E-state index contributed by atoms with van der Waals surface area (Å²) in [5, 5.41) is 2.88. The van der Waals surface area contributed by atoms with Crippen LogP contribution in [0, 0.1) is 0 Å². The van der Waals surface area contributed by atoms with Crippen molar-refractivity contribution in [1.82, 2.24) is 10.2 Å². The molecule has 1 amide bonds. The fourth-order valence-corrected chi connectivity index (χ4v) is 1.87. The molecule has 0 fully saturated rings. The third-order valence-electron chi connectivity index (χ3n) is 2.60. The van der Waals surface area contributed by atoms with Crippen molar-refractivity contribution in [2.45, 2.75) is 19.5 Å². The first kappa shape index (κ1) is 15.5. The molecular weight excluding hydrogens is 242 g/mol. The molecule has 0 aliphatic heterocycles. The smallest absolute Gasteiger partial charge is 0.258 e. The van der Waals surface area contributed by atoms with Crippen molar-refractivity contribution in [3.8, 4) is 5.75 Å². The van der Waals surface area contributed by atoms with Gasteiger partial charge >= 0.3 is 0 Å². The van der Waals surface area contributed by atoms with Crippen molar-refractivity contribution >= 4 is 5.91 Å². The maximum atomic E-state index is 11.7. The van der Waals surface area contributed by atoms with Crippen LogP contribution in [0.4, 0.5) is 0 Å². The van der Waals surface area contributed by atoms with Gasteiger partial charge in [-0.3, -0.25) is 4.79 Å². The summed E-state index contributed by atoms with van der Waals surface area (Å²) < 4.78 is 5.49. The molecule has 5 nitrogen and oxygen atoms in total. The van der Waals surface area contributed by atoms with E-state index in [1.165, 1.54) is 0 Å². The maximum absolute atomic E-state index is 11.7. The van der Waals surface area contributed by atoms with Gasteiger partial charge in [-0.1, -0.05) is 18.2 Å². The lowest BCUT2D eigenvalue weighted by molar-refractivity contribution is -0.123. The van der Waals surface area contributed by atoms with Crippen molar-refractivity contribution in [2.75, 3.05) is 27.2 Å². The highest BCUT2D eigenvalue weighted by Gasteiger charge is 2.09. The Balaban J connectivity index is 2.41. The van der Waals surface area contributed by atoms with Gasteiger partial charge in [-0.2, -0.15) is 0 Å². The molecule has 1 aromatic rings. The van der Waals surface area contributed by atoms with Crippen molar-refractivity contribution < 1.29 is 9.53 Å². The summed E-state index contributed by atoms with van der Waals surface area (Å²) in [6.07, 6.45) is 0. The minimum absolute atomic E-state index is 0.00871. The average Bonchev–Trinajstić information content (AvgIpc) is 2.35. The van der Waals surface area contributed by atoms with Crippen molar-refractivity contribution in [2.24, 2.45) is 5.73 Å². The van der Waals surface area contributed by atoms with Crippen LogP contribution in [0.2, 0.25) is 0 Å². The van der Waals surface area contributed by atoms with E-state index in [9.17, 15) is 4.79 Å². The normalized spacial score (nSPS) is 12.3. The standard InChI is InChI=1S/C14H23N3O2/c1-11(9-17(2)3)16-14(18)10-19-13-7-5-4-6-12(13)8-15/h4-7,11H,8-10,15H2,1-3H3,(H,16,18). The molecule has 0 aliphatic carbocycles. The SMILES string of the molecule is CC(CN(C)C)NC(=O)COc1ccccc1CN. The van der Waals surface area contributed by atoms with Gasteiger partial charge in [0, 0.05) is 24.7 Å². The minimum atomic E-state index is -0.124. The number of benzene rings is 1. The summed E-state index contributed by atoms with van der Waals surface area (Å²) >= 11 is 0. The Morgan fingerprint density at radius 2 is 2.11 bits per heavy atom. The van der Waals surface area contributed by atoms with Gasteiger partial charge in [-0.25, -0.2) is 0 Å². The Kier molecular flexibility index (Phi) is 6.32. The third kappa shape index (κ3) is 5.72. The quantitative estimate of drug-likeness (QED) is 0.757. The number of nitrogens with one attached hydrogen (secondary N) is 1. The lowest BCUT2D eigenvalue weighted by atomic mass is 10.2. The molecule has 0 heterocycles. The van der Waals surface area contributed by atoms with Crippen molar-refractivity contribution in [1.29, 1.82) is 0 Å². The molecule has 106 valence electrons. The van der Waals surface area contributed by atoms with Crippen LogP contribution in [0.3, 0.4) is 0 Å². The van der Waals surface area contributed by atoms with E-state index < -0.39 is 0 Å². The zero-order valence-electron chi connectivity index (χ0n) is 11.8. The first-order valence-electron chi connectivity index (χ1n) is 6.37. The van der Waals surface area contributed by atoms with Crippen LogP contribution < -0.4 is 15.8 Å². The van der Waals surface area contributed by atoms with Crippen LogP contribution in [-0.4, -0.2) is 44.1 Å². The number of nitrogens with two attached hydrogens (primary N) is 1. The van der Waals surface area contributed by atoms with Crippen LogP contribution in [0.25, 0.3) is 0 Å². The van der Waals surface area contributed by atoms with Crippen LogP contribution in [0.15, 0.2) is 24.3 Å². The molecule has 1 aromatic carbocycles. The number of ether oxygens (including phenoxy) is 1. The molecule has 0 bridgehead atoms. The van der Waals surface area contributed by atoms with E-state index >= 15 is 0 Å². The summed E-state index contributed by atoms with van der Waals surface area (Å²) in [6, 6.07) is 7.56. The summed E-state index contributed by atoms with van der Waals surface area (Å²) in [7, 11) is 3.94. The number of carbonyl (C=O) groups excluding carboxylic acids is 1. The van der Waals surface area contributed by atoms with Gasteiger partial charge < -0.3 is 20.7 Å². The van der Waals surface area contributed by atoms with Crippen molar-refractivity contribution in [3.63, 3.8) is 0 Å². The molecule has 0 radical (unpaired) electrons. The Bertz CT molecular complexity index is 407. The number of likely N-dealkylation sites (N-methyl/N-ethyl adjacent to an activating group) is 1. The van der Waals surface area contributed by atoms with Gasteiger partial charge in [0.2, 0.25) is 0 Å². The average molecular weight is 265 g/mol. The predicted octanol–water partition coefficient (Wildman–Crippen LogP) is 0.590. The monoisotopic (exact) mass is 265 g/mol. The minimum Gasteiger partial charge on any atom is -0.483 e. The summed E-state index contributed by atoms with van der Waals surface area (Å²) in [6.45, 7) is 3.17. The van der Waals surface area contributed by atoms with Gasteiger partial charge in [0.05, 0.1) is 0 Å². The first-order chi connectivity index (χ1) is 9.02.